The standard InChI is InChI=1S/C12H19NO2/c1-15-11(14)12-4-7-2-8(5-12)10(13)9(3-7)6-12/h7-10H,2-6,13H2,1H3/t7?,8-,9?,10?,12?/m0/s1. The van der Waals surface area contributed by atoms with Gasteiger partial charge in [-0.1, -0.05) is 0 Å². The topological polar surface area (TPSA) is 52.3 Å². The van der Waals surface area contributed by atoms with Crippen LogP contribution in [0.1, 0.15) is 32.1 Å². The maximum atomic E-state index is 11.9. The number of carbonyl (C=O) groups excluding carboxylic acids is 1. The highest BCUT2D eigenvalue weighted by molar-refractivity contribution is 5.77. The minimum absolute atomic E-state index is 0.0220. The molecule has 0 radical (unpaired) electrons. The van der Waals surface area contributed by atoms with Gasteiger partial charge in [-0.05, 0) is 49.9 Å². The summed E-state index contributed by atoms with van der Waals surface area (Å²) in [5.74, 6) is 1.92. The van der Waals surface area contributed by atoms with Gasteiger partial charge in [-0.15, -0.1) is 0 Å². The van der Waals surface area contributed by atoms with E-state index in [4.69, 9.17) is 10.5 Å². The molecule has 84 valence electrons. The second-order valence-electron chi connectivity index (χ2n) is 5.82. The van der Waals surface area contributed by atoms with E-state index in [1.54, 1.807) is 0 Å². The SMILES string of the molecule is COC(=O)C12CC3CC(C1)C(N)[C@@H](C3)C2. The zero-order valence-electron chi connectivity index (χ0n) is 9.24. The third kappa shape index (κ3) is 1.19. The van der Waals surface area contributed by atoms with E-state index in [0.717, 1.165) is 25.2 Å². The summed E-state index contributed by atoms with van der Waals surface area (Å²) in [6.07, 6.45) is 5.51. The highest BCUT2D eigenvalue weighted by Crippen LogP contribution is 2.59. The molecule has 3 nitrogen and oxygen atoms in total. The molecule has 0 aliphatic heterocycles. The summed E-state index contributed by atoms with van der Waals surface area (Å²) in [6, 6.07) is 0.347. The van der Waals surface area contributed by atoms with Crippen molar-refractivity contribution < 1.29 is 9.53 Å². The average Bonchev–Trinajstić information content (AvgIpc) is 2.23. The van der Waals surface area contributed by atoms with Crippen LogP contribution in [0.5, 0.6) is 0 Å². The first-order chi connectivity index (χ1) is 7.14. The van der Waals surface area contributed by atoms with Crippen molar-refractivity contribution in [1.29, 1.82) is 0 Å². The first-order valence-corrected chi connectivity index (χ1v) is 5.98. The second-order valence-corrected chi connectivity index (χ2v) is 5.82. The molecule has 4 fully saturated rings. The van der Waals surface area contributed by atoms with Crippen LogP contribution in [0.4, 0.5) is 0 Å². The van der Waals surface area contributed by atoms with Crippen LogP contribution in [0.15, 0.2) is 0 Å². The van der Waals surface area contributed by atoms with Gasteiger partial charge in [0.1, 0.15) is 0 Å². The van der Waals surface area contributed by atoms with E-state index in [1.807, 2.05) is 0 Å². The van der Waals surface area contributed by atoms with Crippen molar-refractivity contribution >= 4 is 5.97 Å². The molecular weight excluding hydrogens is 190 g/mol. The zero-order valence-corrected chi connectivity index (χ0v) is 9.24. The van der Waals surface area contributed by atoms with E-state index in [-0.39, 0.29) is 11.4 Å². The first-order valence-electron chi connectivity index (χ1n) is 5.98. The lowest BCUT2D eigenvalue weighted by Gasteiger charge is -2.57. The summed E-state index contributed by atoms with van der Waals surface area (Å²) < 4.78 is 4.99. The van der Waals surface area contributed by atoms with E-state index in [1.165, 1.54) is 20.0 Å². The van der Waals surface area contributed by atoms with Crippen LogP contribution in [0.3, 0.4) is 0 Å². The molecule has 3 heteroatoms. The molecule has 4 unspecified atom stereocenters. The number of carbonyl (C=O) groups is 1. The Hall–Kier alpha value is -0.570. The molecule has 0 aromatic heterocycles. The Morgan fingerprint density at radius 1 is 1.27 bits per heavy atom. The van der Waals surface area contributed by atoms with Gasteiger partial charge in [0, 0.05) is 6.04 Å². The molecule has 0 amide bonds. The molecule has 4 rings (SSSR count). The molecule has 4 saturated carbocycles. The molecule has 0 aromatic rings. The van der Waals surface area contributed by atoms with Crippen molar-refractivity contribution in [2.24, 2.45) is 28.9 Å². The summed E-state index contributed by atoms with van der Waals surface area (Å²) in [5, 5.41) is 0. The van der Waals surface area contributed by atoms with Crippen molar-refractivity contribution in [3.8, 4) is 0 Å². The number of esters is 1. The van der Waals surface area contributed by atoms with Crippen LogP contribution in [0, 0.1) is 23.2 Å². The maximum Gasteiger partial charge on any atom is 0.311 e. The van der Waals surface area contributed by atoms with Crippen LogP contribution in [0.2, 0.25) is 0 Å². The second kappa shape index (κ2) is 2.97. The van der Waals surface area contributed by atoms with E-state index in [0.29, 0.717) is 17.9 Å². The lowest BCUT2D eigenvalue weighted by Crippen LogP contribution is -2.59. The van der Waals surface area contributed by atoms with E-state index in [9.17, 15) is 4.79 Å². The Morgan fingerprint density at radius 2 is 1.87 bits per heavy atom. The predicted molar refractivity (Wildman–Crippen MR) is 56.0 cm³/mol. The number of rotatable bonds is 1. The van der Waals surface area contributed by atoms with E-state index in [2.05, 4.69) is 0 Å². The molecule has 0 heterocycles. The normalized spacial score (nSPS) is 51.9. The number of ether oxygens (including phenoxy) is 1. The predicted octanol–water partition coefficient (Wildman–Crippen LogP) is 1.31. The van der Waals surface area contributed by atoms with Crippen molar-refractivity contribution in [3.63, 3.8) is 0 Å². The molecule has 4 aliphatic rings. The third-order valence-corrected chi connectivity index (χ3v) is 4.96. The lowest BCUT2D eigenvalue weighted by molar-refractivity contribution is -0.169. The fraction of sp³-hybridized carbons (Fsp3) is 0.917. The summed E-state index contributed by atoms with van der Waals surface area (Å²) in [4.78, 5) is 11.9. The molecule has 0 saturated heterocycles. The van der Waals surface area contributed by atoms with Crippen LogP contribution in [0.25, 0.3) is 0 Å². The first kappa shape index (κ1) is 9.64. The maximum absolute atomic E-state index is 11.9. The quantitative estimate of drug-likeness (QED) is 0.662. The molecule has 0 spiro atoms. The number of hydrogen-bond acceptors (Lipinski definition) is 3. The van der Waals surface area contributed by atoms with Crippen LogP contribution >= 0.6 is 0 Å². The molecule has 4 aliphatic carbocycles. The van der Waals surface area contributed by atoms with Crippen molar-refractivity contribution in [1.82, 2.24) is 0 Å². The van der Waals surface area contributed by atoms with Crippen molar-refractivity contribution in [3.05, 3.63) is 0 Å². The van der Waals surface area contributed by atoms with Crippen LogP contribution < -0.4 is 5.73 Å². The summed E-state index contributed by atoms with van der Waals surface area (Å²) >= 11 is 0. The van der Waals surface area contributed by atoms with Gasteiger partial charge < -0.3 is 10.5 Å². The molecule has 5 atom stereocenters. The highest BCUT2D eigenvalue weighted by atomic mass is 16.5. The number of methoxy groups -OCH3 is 1. The van der Waals surface area contributed by atoms with Gasteiger partial charge in [0.15, 0.2) is 0 Å². The highest BCUT2D eigenvalue weighted by Gasteiger charge is 2.58. The van der Waals surface area contributed by atoms with Gasteiger partial charge in [0.2, 0.25) is 0 Å². The number of nitrogens with two attached hydrogens (primary N) is 1. The summed E-state index contributed by atoms with van der Waals surface area (Å²) in [6.45, 7) is 0. The zero-order chi connectivity index (χ0) is 10.6. The molecule has 4 bridgehead atoms. The largest absolute Gasteiger partial charge is 0.469 e. The van der Waals surface area contributed by atoms with Gasteiger partial charge in [0.05, 0.1) is 12.5 Å². The molecule has 15 heavy (non-hydrogen) atoms. The van der Waals surface area contributed by atoms with E-state index >= 15 is 0 Å². The van der Waals surface area contributed by atoms with Gasteiger partial charge in [-0.25, -0.2) is 0 Å². The minimum atomic E-state index is -0.152. The van der Waals surface area contributed by atoms with E-state index < -0.39 is 0 Å². The Kier molecular flexibility index (Phi) is 1.91. The fourth-order valence-electron chi connectivity index (χ4n) is 4.53. The Bertz CT molecular complexity index is 286. The Morgan fingerprint density at radius 3 is 2.40 bits per heavy atom. The van der Waals surface area contributed by atoms with Crippen molar-refractivity contribution in [2.75, 3.05) is 7.11 Å². The monoisotopic (exact) mass is 209 g/mol. The van der Waals surface area contributed by atoms with Gasteiger partial charge in [-0.3, -0.25) is 4.79 Å². The van der Waals surface area contributed by atoms with Gasteiger partial charge in [-0.2, -0.15) is 0 Å². The molecular formula is C12H19NO2. The summed E-state index contributed by atoms with van der Waals surface area (Å²) in [5.41, 5.74) is 6.06. The molecule has 2 N–H and O–H groups in total. The molecule has 0 aromatic carbocycles. The average molecular weight is 209 g/mol. The van der Waals surface area contributed by atoms with Crippen molar-refractivity contribution in [2.45, 2.75) is 38.1 Å². The smallest absolute Gasteiger partial charge is 0.311 e. The Labute approximate surface area is 90.4 Å². The minimum Gasteiger partial charge on any atom is -0.469 e. The van der Waals surface area contributed by atoms with Gasteiger partial charge >= 0.3 is 5.97 Å². The lowest BCUT2D eigenvalue weighted by atomic mass is 9.48. The number of hydrogen-bond donors (Lipinski definition) is 1. The third-order valence-electron chi connectivity index (χ3n) is 4.96. The summed E-state index contributed by atoms with van der Waals surface area (Å²) in [7, 11) is 1.51. The van der Waals surface area contributed by atoms with Gasteiger partial charge in [0.25, 0.3) is 0 Å². The van der Waals surface area contributed by atoms with Crippen LogP contribution in [-0.4, -0.2) is 19.1 Å². The fourth-order valence-corrected chi connectivity index (χ4v) is 4.53. The Balaban J connectivity index is 1.92. The van der Waals surface area contributed by atoms with Crippen LogP contribution in [-0.2, 0) is 9.53 Å².